The number of carboxylic acids is 1. The quantitative estimate of drug-likeness (QED) is 0.148. The number of aliphatic carboxylic acids is 1. The van der Waals surface area contributed by atoms with Crippen LogP contribution in [0.25, 0.3) is 0 Å². The van der Waals surface area contributed by atoms with Crippen molar-refractivity contribution in [2.75, 3.05) is 0 Å². The van der Waals surface area contributed by atoms with Crippen LogP contribution in [0.3, 0.4) is 0 Å². The molecule has 0 aromatic rings. The van der Waals surface area contributed by atoms with E-state index in [0.717, 1.165) is 9.47 Å². The molecule has 0 heterocycles. The standard InChI is InChI=1S/C18HF35O7.H3N/c19-2(1(54)55,8(26,27)28)56-15(46,47)4(22,10(32,33)34)58-17(50,51)6(24,12(38,39)40)60-18(52,53)7(25,13(41,42)43)59-16(48,49)5(23,11(35,36)37)57-14(44,45)3(20,21)9(29,30)31;/h(H,54,55);1H3/p+1. The second-order valence-corrected chi connectivity index (χ2v) is 9.94. The van der Waals surface area contributed by atoms with E-state index in [2.05, 4.69) is 0 Å². The zero-order chi connectivity index (χ0) is 49.6. The molecule has 0 spiro atoms. The molecule has 0 fully saturated rings. The molecule has 0 aliphatic rings. The van der Waals surface area contributed by atoms with Crippen molar-refractivity contribution >= 4 is 5.97 Å². The largest absolute Gasteiger partial charge is 0.477 e. The lowest BCUT2D eigenvalue weighted by molar-refractivity contribution is -0.600. The minimum absolute atomic E-state index is 0. The van der Waals surface area contributed by atoms with E-state index >= 15 is 0 Å². The van der Waals surface area contributed by atoms with E-state index in [1.54, 1.807) is 0 Å². The van der Waals surface area contributed by atoms with Crippen molar-refractivity contribution in [3.05, 3.63) is 0 Å². The van der Waals surface area contributed by atoms with Gasteiger partial charge in [-0.2, -0.15) is 154 Å². The van der Waals surface area contributed by atoms with E-state index in [4.69, 9.17) is 5.11 Å². The summed E-state index contributed by atoms with van der Waals surface area (Å²) in [4.78, 5) is 10.3. The molecule has 5 unspecified atom stereocenters. The molecule has 5 atom stereocenters. The Morgan fingerprint density at radius 1 is 0.279 bits per heavy atom. The van der Waals surface area contributed by atoms with Gasteiger partial charge >= 0.3 is 109 Å². The molecule has 0 aliphatic heterocycles. The van der Waals surface area contributed by atoms with Gasteiger partial charge in [0.2, 0.25) is 0 Å². The molecule has 8 nitrogen and oxygen atoms in total. The maximum Gasteiger partial charge on any atom is 0.462 e. The molecule has 0 bridgehead atoms. The summed E-state index contributed by atoms with van der Waals surface area (Å²) in [7, 11) is 0. The van der Waals surface area contributed by atoms with Crippen molar-refractivity contribution in [1.29, 1.82) is 0 Å². The normalized spacial score (nSPS) is 20.4. The lowest BCUT2D eigenvalue weighted by Crippen LogP contribution is -2.73. The van der Waals surface area contributed by atoms with Gasteiger partial charge in [0, 0.05) is 0 Å². The molecule has 0 aromatic heterocycles. The highest BCUT2D eigenvalue weighted by atomic mass is 19.5. The molecular weight excluding hydrogens is 1010 g/mol. The van der Waals surface area contributed by atoms with Crippen LogP contribution in [0.15, 0.2) is 0 Å². The molecule has 0 aliphatic carbocycles. The number of carboxylic acid groups (broad SMARTS) is 1. The van der Waals surface area contributed by atoms with Crippen LogP contribution >= 0.6 is 0 Å². The molecule has 0 amide bonds. The first kappa shape index (κ1) is 59.9. The highest BCUT2D eigenvalue weighted by Crippen LogP contribution is 2.62. The highest BCUT2D eigenvalue weighted by Gasteiger charge is 2.91. The van der Waals surface area contributed by atoms with Crippen LogP contribution in [0, 0.1) is 0 Å². The molecule has 368 valence electrons. The lowest BCUT2D eigenvalue weighted by Gasteiger charge is -2.44. The predicted molar refractivity (Wildman–Crippen MR) is 104 cm³/mol. The second-order valence-electron chi connectivity index (χ2n) is 9.94. The molecule has 0 saturated carbocycles. The number of quaternary nitrogens is 1. The zero-order valence-electron chi connectivity index (χ0n) is 26.1. The SMILES string of the molecule is O=C(O)C(F)(OC(F)(F)C(F)(OC(F)(F)C(F)(OC(F)(F)C(F)(OC(F)(F)C(F)(OC(F)(F)C(F)(F)C(F)(F)F)C(F)(F)F)C(F)(F)F)C(F)(F)F)C(F)(F)F)C(F)(F)F.[NH4+]. The minimum Gasteiger partial charge on any atom is -0.477 e. The molecule has 0 aromatic carbocycles. The van der Waals surface area contributed by atoms with Crippen molar-refractivity contribution < 1.29 is 187 Å². The zero-order valence-corrected chi connectivity index (χ0v) is 26.1. The summed E-state index contributed by atoms with van der Waals surface area (Å²) in [5.41, 5.74) is 0. The Hall–Kier alpha value is -3.22. The number of ether oxygens (including phenoxy) is 5. The third kappa shape index (κ3) is 9.81. The van der Waals surface area contributed by atoms with Crippen molar-refractivity contribution in [2.45, 2.75) is 103 Å². The van der Waals surface area contributed by atoms with E-state index < -0.39 is 109 Å². The van der Waals surface area contributed by atoms with Gasteiger partial charge in [-0.1, -0.05) is 0 Å². The maximum atomic E-state index is 14.6. The molecule has 5 N–H and O–H groups in total. The summed E-state index contributed by atoms with van der Waals surface area (Å²) in [6, 6.07) is 0. The van der Waals surface area contributed by atoms with E-state index in [0.29, 0.717) is 9.47 Å². The van der Waals surface area contributed by atoms with Gasteiger partial charge in [0.1, 0.15) is 0 Å². The van der Waals surface area contributed by atoms with E-state index in [9.17, 15) is 158 Å². The number of alkyl halides is 35. The lowest BCUT2D eigenvalue weighted by atomic mass is 10.2. The van der Waals surface area contributed by atoms with Gasteiger partial charge in [-0.05, 0) is 0 Å². The highest BCUT2D eigenvalue weighted by molar-refractivity contribution is 5.76. The number of hydrogen-bond acceptors (Lipinski definition) is 6. The van der Waals surface area contributed by atoms with Crippen LogP contribution < -0.4 is 6.15 Å². The molecule has 0 radical (unpaired) electrons. The maximum absolute atomic E-state index is 14.6. The van der Waals surface area contributed by atoms with Crippen LogP contribution in [0.1, 0.15) is 0 Å². The fourth-order valence-electron chi connectivity index (χ4n) is 2.73. The number of carbonyl (C=O) groups is 1. The molecule has 43 heteroatoms. The van der Waals surface area contributed by atoms with Crippen molar-refractivity contribution in [1.82, 2.24) is 6.15 Å². The Labute approximate surface area is 303 Å². The topological polar surface area (TPSA) is 120 Å². The van der Waals surface area contributed by atoms with Crippen molar-refractivity contribution in [3.63, 3.8) is 0 Å². The van der Waals surface area contributed by atoms with E-state index in [-0.39, 0.29) is 6.15 Å². The van der Waals surface area contributed by atoms with Crippen LogP contribution in [-0.2, 0) is 28.5 Å². The monoisotopic (exact) mass is 1010 g/mol. The number of hydrogen-bond donors (Lipinski definition) is 2. The second kappa shape index (κ2) is 15.5. The summed E-state index contributed by atoms with van der Waals surface area (Å²) in [6.45, 7) is 0. The fraction of sp³-hybridized carbons (Fsp3) is 0.944. The third-order valence-corrected chi connectivity index (χ3v) is 5.66. The summed E-state index contributed by atoms with van der Waals surface area (Å²) in [6.07, 6.45) is -98.3. The van der Waals surface area contributed by atoms with Crippen molar-refractivity contribution in [2.24, 2.45) is 0 Å². The summed E-state index contributed by atoms with van der Waals surface area (Å²) in [5.74, 6) is -58.6. The molecule has 61 heavy (non-hydrogen) atoms. The van der Waals surface area contributed by atoms with Crippen LogP contribution in [0.4, 0.5) is 154 Å². The first-order valence-electron chi connectivity index (χ1n) is 12.1. The van der Waals surface area contributed by atoms with Crippen LogP contribution in [-0.4, -0.2) is 114 Å². The van der Waals surface area contributed by atoms with Crippen LogP contribution in [0.5, 0.6) is 0 Å². The first-order valence-corrected chi connectivity index (χ1v) is 12.1. The Balaban J connectivity index is 0. The van der Waals surface area contributed by atoms with Gasteiger partial charge in [0.05, 0.1) is 0 Å². The smallest absolute Gasteiger partial charge is 0.462 e. The van der Waals surface area contributed by atoms with Crippen LogP contribution in [0.2, 0.25) is 0 Å². The van der Waals surface area contributed by atoms with Gasteiger partial charge in [-0.3, -0.25) is 23.7 Å². The van der Waals surface area contributed by atoms with Crippen molar-refractivity contribution in [3.8, 4) is 0 Å². The van der Waals surface area contributed by atoms with Gasteiger partial charge < -0.3 is 11.3 Å². The van der Waals surface area contributed by atoms with Gasteiger partial charge in [-0.15, -0.1) is 0 Å². The predicted octanol–water partition coefficient (Wildman–Crippen LogP) is 10.8. The van der Waals surface area contributed by atoms with E-state index in [1.807, 2.05) is 0 Å². The Bertz CT molecular complexity index is 1540. The Morgan fingerprint density at radius 2 is 0.459 bits per heavy atom. The molecular formula is C18H5F35NO7+. The Morgan fingerprint density at radius 3 is 0.607 bits per heavy atom. The summed E-state index contributed by atoms with van der Waals surface area (Å²) >= 11 is 0. The fourth-order valence-corrected chi connectivity index (χ4v) is 2.73. The average Bonchev–Trinajstić information content (AvgIpc) is 2.91. The van der Waals surface area contributed by atoms with E-state index in [1.165, 1.54) is 4.74 Å². The van der Waals surface area contributed by atoms with Gasteiger partial charge in [0.25, 0.3) is 0 Å². The molecule has 0 saturated heterocycles. The first-order chi connectivity index (χ1) is 25.2. The Kier molecular flexibility index (Phi) is 15.2. The average molecular weight is 1010 g/mol. The third-order valence-electron chi connectivity index (χ3n) is 5.66. The minimum atomic E-state index is -9.62. The molecule has 0 rings (SSSR count). The number of halogens is 35. The summed E-state index contributed by atoms with van der Waals surface area (Å²) < 4.78 is 472. The number of rotatable bonds is 16. The van der Waals surface area contributed by atoms with Gasteiger partial charge in [-0.25, -0.2) is 4.79 Å². The summed E-state index contributed by atoms with van der Waals surface area (Å²) in [5, 5.41) is 7.98. The van der Waals surface area contributed by atoms with Gasteiger partial charge in [0.15, 0.2) is 0 Å².